The first-order valence-corrected chi connectivity index (χ1v) is 10.9. The lowest BCUT2D eigenvalue weighted by Gasteiger charge is -2.22. The van der Waals surface area contributed by atoms with Gasteiger partial charge in [0.1, 0.15) is 17.3 Å². The number of H-pyrrole nitrogens is 1. The number of hydrogen-bond acceptors (Lipinski definition) is 6. The van der Waals surface area contributed by atoms with Crippen LogP contribution in [-0.4, -0.2) is 50.8 Å². The summed E-state index contributed by atoms with van der Waals surface area (Å²) >= 11 is 0. The van der Waals surface area contributed by atoms with E-state index in [2.05, 4.69) is 20.4 Å². The highest BCUT2D eigenvalue weighted by Crippen LogP contribution is 2.35. The van der Waals surface area contributed by atoms with Gasteiger partial charge in [0.15, 0.2) is 5.88 Å². The van der Waals surface area contributed by atoms with Crippen molar-refractivity contribution in [2.75, 3.05) is 20.2 Å². The maximum atomic E-state index is 14.6. The third-order valence-electron chi connectivity index (χ3n) is 6.04. The molecule has 0 saturated carbocycles. The standard InChI is InChI=1S/C24H25FN6O2/c1-14(29-15-11-28-31(13-15)16-6-8-26-9-7-16)22-17-10-19(27-12-20(17)30-24(22)32)23-18(25)4-3-5-21(23)33-2/h3-5,10-13,16,26,30,32H,6-9H2,1-2H3. The van der Waals surface area contributed by atoms with Gasteiger partial charge in [-0.3, -0.25) is 9.67 Å². The van der Waals surface area contributed by atoms with E-state index >= 15 is 0 Å². The Hall–Kier alpha value is -3.72. The number of nitrogens with one attached hydrogen (secondary N) is 2. The summed E-state index contributed by atoms with van der Waals surface area (Å²) in [4.78, 5) is 12.0. The Morgan fingerprint density at radius 1 is 1.27 bits per heavy atom. The maximum absolute atomic E-state index is 14.6. The highest BCUT2D eigenvalue weighted by molar-refractivity contribution is 6.13. The van der Waals surface area contributed by atoms with Crippen LogP contribution in [0.2, 0.25) is 0 Å². The molecule has 1 aromatic carbocycles. The number of hydrogen-bond donors (Lipinski definition) is 3. The molecule has 170 valence electrons. The van der Waals surface area contributed by atoms with E-state index in [9.17, 15) is 9.50 Å². The number of pyridine rings is 1. The molecule has 0 radical (unpaired) electrons. The Balaban J connectivity index is 1.54. The van der Waals surface area contributed by atoms with E-state index in [1.54, 1.807) is 30.6 Å². The number of nitrogens with zero attached hydrogens (tertiary/aromatic N) is 4. The number of aliphatic imine (C=N–C) groups is 1. The number of aromatic amines is 1. The van der Waals surface area contributed by atoms with E-state index in [0.717, 1.165) is 25.9 Å². The molecule has 0 bridgehead atoms. The van der Waals surface area contributed by atoms with Gasteiger partial charge in [0.2, 0.25) is 0 Å². The van der Waals surface area contributed by atoms with Gasteiger partial charge in [-0.25, -0.2) is 9.38 Å². The minimum Gasteiger partial charge on any atom is -0.496 e. The predicted octanol–water partition coefficient (Wildman–Crippen LogP) is 4.34. The van der Waals surface area contributed by atoms with E-state index in [0.29, 0.717) is 45.4 Å². The molecule has 0 amide bonds. The molecular formula is C24H25FN6O2. The summed E-state index contributed by atoms with van der Waals surface area (Å²) in [6.07, 6.45) is 7.30. The number of methoxy groups -OCH3 is 1. The molecule has 0 atom stereocenters. The van der Waals surface area contributed by atoms with E-state index in [1.807, 2.05) is 17.8 Å². The second kappa shape index (κ2) is 8.67. The van der Waals surface area contributed by atoms with Crippen molar-refractivity contribution in [3.63, 3.8) is 0 Å². The molecule has 4 aromatic rings. The van der Waals surface area contributed by atoms with Gasteiger partial charge in [-0.05, 0) is 51.1 Å². The second-order valence-electron chi connectivity index (χ2n) is 8.14. The van der Waals surface area contributed by atoms with Crippen LogP contribution in [0.4, 0.5) is 10.1 Å². The van der Waals surface area contributed by atoms with Crippen molar-refractivity contribution in [3.8, 4) is 22.9 Å². The van der Waals surface area contributed by atoms with Crippen LogP contribution in [0.1, 0.15) is 31.4 Å². The Morgan fingerprint density at radius 3 is 2.88 bits per heavy atom. The van der Waals surface area contributed by atoms with Crippen LogP contribution in [0.3, 0.4) is 0 Å². The number of aromatic hydroxyl groups is 1. The van der Waals surface area contributed by atoms with Crippen LogP contribution in [0.15, 0.2) is 47.8 Å². The second-order valence-corrected chi connectivity index (χ2v) is 8.14. The number of aromatic nitrogens is 4. The van der Waals surface area contributed by atoms with Gasteiger partial charge < -0.3 is 20.1 Å². The Kier molecular flexibility index (Phi) is 5.55. The lowest BCUT2D eigenvalue weighted by molar-refractivity contribution is 0.343. The number of fused-ring (bicyclic) bond motifs is 1. The molecule has 1 fully saturated rings. The molecule has 9 heteroatoms. The molecular weight excluding hydrogens is 423 g/mol. The summed E-state index contributed by atoms with van der Waals surface area (Å²) in [6, 6.07) is 6.74. The number of benzene rings is 1. The third-order valence-corrected chi connectivity index (χ3v) is 6.04. The van der Waals surface area contributed by atoms with Crippen molar-refractivity contribution in [1.29, 1.82) is 0 Å². The summed E-state index contributed by atoms with van der Waals surface area (Å²) in [7, 11) is 1.49. The van der Waals surface area contributed by atoms with Crippen molar-refractivity contribution >= 4 is 22.3 Å². The minimum atomic E-state index is -0.432. The van der Waals surface area contributed by atoms with Crippen LogP contribution < -0.4 is 10.1 Å². The molecule has 1 aliphatic heterocycles. The van der Waals surface area contributed by atoms with Gasteiger partial charge in [-0.1, -0.05) is 6.07 Å². The summed E-state index contributed by atoms with van der Waals surface area (Å²) in [6.45, 7) is 3.79. The van der Waals surface area contributed by atoms with Crippen molar-refractivity contribution in [1.82, 2.24) is 25.1 Å². The van der Waals surface area contributed by atoms with Gasteiger partial charge >= 0.3 is 0 Å². The SMILES string of the molecule is COc1cccc(F)c1-c1cc2c(C(C)=Nc3cnn(C4CCNCC4)c3)c(O)[nH]c2cn1. The normalized spacial score (nSPS) is 15.3. The fraction of sp³-hybridized carbons (Fsp3) is 0.292. The quantitative estimate of drug-likeness (QED) is 0.394. The zero-order valence-electron chi connectivity index (χ0n) is 18.5. The molecule has 0 unspecified atom stereocenters. The van der Waals surface area contributed by atoms with Crippen LogP contribution in [0, 0.1) is 5.82 Å². The van der Waals surface area contributed by atoms with E-state index < -0.39 is 5.82 Å². The molecule has 5 rings (SSSR count). The summed E-state index contributed by atoms with van der Waals surface area (Å²) in [5.41, 5.74) is 3.17. The van der Waals surface area contributed by atoms with Crippen LogP contribution >= 0.6 is 0 Å². The molecule has 3 aromatic heterocycles. The van der Waals surface area contributed by atoms with Crippen molar-refractivity contribution in [2.45, 2.75) is 25.8 Å². The van der Waals surface area contributed by atoms with Crippen LogP contribution in [0.25, 0.3) is 22.2 Å². The highest BCUT2D eigenvalue weighted by atomic mass is 19.1. The lowest BCUT2D eigenvalue weighted by Crippen LogP contribution is -2.29. The first-order valence-electron chi connectivity index (χ1n) is 10.9. The number of piperidine rings is 1. The Labute approximate surface area is 190 Å². The molecule has 8 nitrogen and oxygen atoms in total. The van der Waals surface area contributed by atoms with Crippen molar-refractivity contribution < 1.29 is 14.2 Å². The Bertz CT molecular complexity index is 1340. The molecule has 0 aliphatic carbocycles. The van der Waals surface area contributed by atoms with Gasteiger partial charge in [-0.15, -0.1) is 0 Å². The molecule has 1 aliphatic rings. The van der Waals surface area contributed by atoms with Gasteiger partial charge in [-0.2, -0.15) is 5.10 Å². The molecule has 3 N–H and O–H groups in total. The van der Waals surface area contributed by atoms with Gasteiger partial charge in [0, 0.05) is 5.39 Å². The molecule has 1 saturated heterocycles. The smallest absolute Gasteiger partial charge is 0.198 e. The largest absolute Gasteiger partial charge is 0.496 e. The number of halogens is 1. The first kappa shape index (κ1) is 21.1. The van der Waals surface area contributed by atoms with Crippen LogP contribution in [-0.2, 0) is 0 Å². The molecule has 33 heavy (non-hydrogen) atoms. The summed E-state index contributed by atoms with van der Waals surface area (Å²) in [5, 5.41) is 19.2. The number of rotatable bonds is 5. The van der Waals surface area contributed by atoms with E-state index in [-0.39, 0.29) is 11.4 Å². The highest BCUT2D eigenvalue weighted by Gasteiger charge is 2.19. The fourth-order valence-electron chi connectivity index (χ4n) is 4.41. The monoisotopic (exact) mass is 448 g/mol. The van der Waals surface area contributed by atoms with E-state index in [1.165, 1.54) is 13.2 Å². The third kappa shape index (κ3) is 3.95. The first-order chi connectivity index (χ1) is 16.0. The zero-order chi connectivity index (χ0) is 22.9. The van der Waals surface area contributed by atoms with Crippen molar-refractivity contribution in [2.24, 2.45) is 4.99 Å². The Morgan fingerprint density at radius 2 is 2.09 bits per heavy atom. The molecule has 4 heterocycles. The lowest BCUT2D eigenvalue weighted by atomic mass is 10.0. The average Bonchev–Trinajstić information content (AvgIpc) is 3.42. The van der Waals surface area contributed by atoms with Crippen molar-refractivity contribution in [3.05, 3.63) is 54.2 Å². The van der Waals surface area contributed by atoms with Gasteiger partial charge in [0.25, 0.3) is 0 Å². The van der Waals surface area contributed by atoms with Crippen LogP contribution in [0.5, 0.6) is 11.6 Å². The summed E-state index contributed by atoms with van der Waals surface area (Å²) < 4.78 is 21.9. The van der Waals surface area contributed by atoms with E-state index in [4.69, 9.17) is 9.73 Å². The number of ether oxygens (including phenoxy) is 1. The fourth-order valence-corrected chi connectivity index (χ4v) is 4.41. The summed E-state index contributed by atoms with van der Waals surface area (Å²) in [5.74, 6) is -0.0615. The molecule has 0 spiro atoms. The topological polar surface area (TPSA) is 100 Å². The average molecular weight is 449 g/mol. The minimum absolute atomic E-state index is 0.0172. The van der Waals surface area contributed by atoms with Gasteiger partial charge in [0.05, 0.1) is 59.8 Å². The predicted molar refractivity (Wildman–Crippen MR) is 125 cm³/mol. The zero-order valence-corrected chi connectivity index (χ0v) is 18.5. The maximum Gasteiger partial charge on any atom is 0.198 e.